The Kier molecular flexibility index (Phi) is 10.0. The van der Waals surface area contributed by atoms with Gasteiger partial charge in [0, 0.05) is 29.6 Å². The fourth-order valence-corrected chi connectivity index (χ4v) is 1.10. The molecule has 0 aliphatic carbocycles. The first-order chi connectivity index (χ1) is 5.07. The van der Waals surface area contributed by atoms with Crippen molar-refractivity contribution in [3.8, 4) is 0 Å². The molecule has 12 heavy (non-hydrogen) atoms. The standard InChI is InChI=1S/C8H16O3.Na/c1-3-4-7(8(10)11)5-6(2)9;/h6-7,9H,3-5H2,1-2H3,(H,10,11);. The van der Waals surface area contributed by atoms with Crippen LogP contribution in [0.5, 0.6) is 0 Å². The molecule has 2 atom stereocenters. The molecule has 4 heteroatoms. The fraction of sp³-hybridized carbons (Fsp3) is 0.875. The minimum absolute atomic E-state index is 0. The monoisotopic (exact) mass is 183 g/mol. The quantitative estimate of drug-likeness (QED) is 0.622. The van der Waals surface area contributed by atoms with Crippen molar-refractivity contribution in [3.63, 3.8) is 0 Å². The van der Waals surface area contributed by atoms with Gasteiger partial charge in [0.1, 0.15) is 0 Å². The number of rotatable bonds is 5. The number of carboxylic acids is 1. The smallest absolute Gasteiger partial charge is 0.306 e. The topological polar surface area (TPSA) is 57.5 Å². The van der Waals surface area contributed by atoms with Crippen LogP contribution in [-0.4, -0.2) is 51.8 Å². The van der Waals surface area contributed by atoms with Crippen LogP contribution in [0.15, 0.2) is 0 Å². The molecule has 0 aromatic rings. The molecule has 3 nitrogen and oxygen atoms in total. The molecule has 2 unspecified atom stereocenters. The van der Waals surface area contributed by atoms with Gasteiger partial charge in [-0.25, -0.2) is 0 Å². The SMILES string of the molecule is CCCC(CC(C)O)C(=O)O.[Na]. The zero-order valence-corrected chi connectivity index (χ0v) is 10.1. The van der Waals surface area contributed by atoms with Gasteiger partial charge in [-0.2, -0.15) is 0 Å². The summed E-state index contributed by atoms with van der Waals surface area (Å²) in [6.45, 7) is 3.56. The van der Waals surface area contributed by atoms with Crippen LogP contribution < -0.4 is 0 Å². The van der Waals surface area contributed by atoms with Gasteiger partial charge in [-0.3, -0.25) is 4.79 Å². The van der Waals surface area contributed by atoms with Crippen LogP contribution in [-0.2, 0) is 4.79 Å². The number of hydrogen-bond acceptors (Lipinski definition) is 2. The molecule has 0 amide bonds. The van der Waals surface area contributed by atoms with E-state index in [4.69, 9.17) is 10.2 Å². The number of aliphatic hydroxyl groups excluding tert-OH is 1. The van der Waals surface area contributed by atoms with E-state index in [0.29, 0.717) is 12.8 Å². The van der Waals surface area contributed by atoms with E-state index in [2.05, 4.69) is 0 Å². The Bertz CT molecular complexity index is 125. The molecule has 0 heterocycles. The Morgan fingerprint density at radius 3 is 2.25 bits per heavy atom. The molecule has 0 aromatic heterocycles. The Labute approximate surface area is 95.5 Å². The number of hydrogen-bond donors (Lipinski definition) is 2. The molecule has 0 saturated carbocycles. The summed E-state index contributed by atoms with van der Waals surface area (Å²) in [5.41, 5.74) is 0. The molecule has 0 spiro atoms. The third-order valence-corrected chi connectivity index (χ3v) is 1.61. The van der Waals surface area contributed by atoms with Crippen LogP contribution in [0.3, 0.4) is 0 Å². The maximum absolute atomic E-state index is 10.5. The van der Waals surface area contributed by atoms with Gasteiger partial charge >= 0.3 is 5.97 Å². The van der Waals surface area contributed by atoms with E-state index in [1.165, 1.54) is 0 Å². The second-order valence-corrected chi connectivity index (χ2v) is 2.91. The van der Waals surface area contributed by atoms with E-state index in [1.807, 2.05) is 6.92 Å². The zero-order valence-electron chi connectivity index (χ0n) is 8.08. The predicted molar refractivity (Wildman–Crippen MR) is 48.1 cm³/mol. The summed E-state index contributed by atoms with van der Waals surface area (Å²) in [4.78, 5) is 10.5. The summed E-state index contributed by atoms with van der Waals surface area (Å²) in [7, 11) is 0. The van der Waals surface area contributed by atoms with Gasteiger partial charge in [-0.05, 0) is 19.8 Å². The number of carboxylic acid groups (broad SMARTS) is 1. The summed E-state index contributed by atoms with van der Waals surface area (Å²) in [5.74, 6) is -1.17. The van der Waals surface area contributed by atoms with Gasteiger partial charge in [0.2, 0.25) is 0 Å². The van der Waals surface area contributed by atoms with E-state index in [1.54, 1.807) is 6.92 Å². The molecule has 1 radical (unpaired) electrons. The molecular weight excluding hydrogens is 167 g/mol. The Hall–Kier alpha value is 0.430. The molecule has 0 aromatic carbocycles. The van der Waals surface area contributed by atoms with Crippen molar-refractivity contribution in [2.24, 2.45) is 5.92 Å². The largest absolute Gasteiger partial charge is 0.481 e. The van der Waals surface area contributed by atoms with Crippen LogP contribution in [0, 0.1) is 5.92 Å². The number of aliphatic hydroxyl groups is 1. The second-order valence-electron chi connectivity index (χ2n) is 2.91. The molecule has 0 rings (SSSR count). The van der Waals surface area contributed by atoms with E-state index in [-0.39, 0.29) is 35.5 Å². The molecule has 0 aliphatic heterocycles. The van der Waals surface area contributed by atoms with E-state index >= 15 is 0 Å². The van der Waals surface area contributed by atoms with Gasteiger partial charge in [-0.15, -0.1) is 0 Å². The van der Waals surface area contributed by atoms with Crippen LogP contribution in [0.2, 0.25) is 0 Å². The maximum Gasteiger partial charge on any atom is 0.306 e. The summed E-state index contributed by atoms with van der Waals surface area (Å²) in [5, 5.41) is 17.6. The summed E-state index contributed by atoms with van der Waals surface area (Å²) in [6.07, 6.45) is 1.36. The number of carbonyl (C=O) groups is 1. The van der Waals surface area contributed by atoms with Gasteiger partial charge in [0.25, 0.3) is 0 Å². The molecule has 2 N–H and O–H groups in total. The van der Waals surface area contributed by atoms with Crippen LogP contribution in [0.1, 0.15) is 33.1 Å². The van der Waals surface area contributed by atoms with Crippen molar-refractivity contribution in [2.45, 2.75) is 39.2 Å². The zero-order chi connectivity index (χ0) is 8.85. The van der Waals surface area contributed by atoms with Crippen molar-refractivity contribution in [1.29, 1.82) is 0 Å². The minimum atomic E-state index is -0.798. The first-order valence-corrected chi connectivity index (χ1v) is 3.98. The first kappa shape index (κ1) is 14.9. The van der Waals surface area contributed by atoms with Crippen molar-refractivity contribution < 1.29 is 15.0 Å². The fourth-order valence-electron chi connectivity index (χ4n) is 1.10. The average Bonchev–Trinajstić information content (AvgIpc) is 1.86. The first-order valence-electron chi connectivity index (χ1n) is 3.98. The van der Waals surface area contributed by atoms with Crippen LogP contribution >= 0.6 is 0 Å². The number of aliphatic carboxylic acids is 1. The maximum atomic E-state index is 10.5. The van der Waals surface area contributed by atoms with Crippen molar-refractivity contribution in [1.82, 2.24) is 0 Å². The minimum Gasteiger partial charge on any atom is -0.481 e. The average molecular weight is 183 g/mol. The van der Waals surface area contributed by atoms with E-state index in [9.17, 15) is 4.79 Å². The molecule has 0 saturated heterocycles. The molecular formula is C8H16NaO3. The Balaban J connectivity index is 0. The summed E-state index contributed by atoms with van der Waals surface area (Å²) >= 11 is 0. The Morgan fingerprint density at radius 2 is 2.00 bits per heavy atom. The third-order valence-electron chi connectivity index (χ3n) is 1.61. The molecule has 67 valence electrons. The van der Waals surface area contributed by atoms with Crippen molar-refractivity contribution in [2.75, 3.05) is 0 Å². The Morgan fingerprint density at radius 1 is 1.50 bits per heavy atom. The third kappa shape index (κ3) is 7.10. The summed E-state index contributed by atoms with van der Waals surface area (Å²) < 4.78 is 0. The van der Waals surface area contributed by atoms with Crippen molar-refractivity contribution in [3.05, 3.63) is 0 Å². The van der Waals surface area contributed by atoms with E-state index < -0.39 is 12.1 Å². The van der Waals surface area contributed by atoms with Gasteiger partial charge in [0.05, 0.1) is 12.0 Å². The van der Waals surface area contributed by atoms with Gasteiger partial charge < -0.3 is 10.2 Å². The van der Waals surface area contributed by atoms with Gasteiger partial charge in [-0.1, -0.05) is 13.3 Å². The van der Waals surface area contributed by atoms with Gasteiger partial charge in [0.15, 0.2) is 0 Å². The van der Waals surface area contributed by atoms with Crippen LogP contribution in [0.4, 0.5) is 0 Å². The predicted octanol–water partition coefficient (Wildman–Crippen LogP) is 0.877. The van der Waals surface area contributed by atoms with E-state index in [0.717, 1.165) is 6.42 Å². The molecule has 0 bridgehead atoms. The summed E-state index contributed by atoms with van der Waals surface area (Å²) in [6, 6.07) is 0. The second kappa shape index (κ2) is 8.05. The molecule has 0 fully saturated rings. The van der Waals surface area contributed by atoms with Crippen molar-refractivity contribution >= 4 is 35.5 Å². The molecule has 0 aliphatic rings. The van der Waals surface area contributed by atoms with Crippen LogP contribution in [0.25, 0.3) is 0 Å². The normalized spacial score (nSPS) is 14.6.